The topological polar surface area (TPSA) is 75.9 Å². The normalized spacial score (nSPS) is 20.7. The fraction of sp³-hybridized carbons (Fsp3) is 0.467. The number of hydrogen-bond acceptors (Lipinski definition) is 6. The minimum absolute atomic E-state index is 0.0989. The molecule has 3 rings (SSSR count). The van der Waals surface area contributed by atoms with E-state index in [0.29, 0.717) is 25.3 Å². The Balaban J connectivity index is 1.73. The molecule has 0 aromatic carbocycles. The van der Waals surface area contributed by atoms with Crippen molar-refractivity contribution >= 4 is 11.6 Å². The molecule has 1 aliphatic heterocycles. The highest BCUT2D eigenvalue weighted by atomic mass is 19.1. The van der Waals surface area contributed by atoms with Gasteiger partial charge in [0.25, 0.3) is 5.56 Å². The molecule has 0 spiro atoms. The molecule has 0 bridgehead atoms. The van der Waals surface area contributed by atoms with Gasteiger partial charge in [-0.3, -0.25) is 4.79 Å². The van der Waals surface area contributed by atoms with Gasteiger partial charge >= 0.3 is 0 Å². The summed E-state index contributed by atoms with van der Waals surface area (Å²) in [6.07, 6.45) is 4.28. The third-order valence-electron chi connectivity index (χ3n) is 3.98. The van der Waals surface area contributed by atoms with Crippen molar-refractivity contribution in [2.45, 2.75) is 32.1 Å². The molecule has 0 saturated carbocycles. The molecule has 2 atom stereocenters. The Bertz CT molecular complexity index is 707. The van der Waals surface area contributed by atoms with Gasteiger partial charge in [0, 0.05) is 38.1 Å². The van der Waals surface area contributed by atoms with E-state index >= 15 is 0 Å². The molecule has 0 unspecified atom stereocenters. The van der Waals surface area contributed by atoms with Crippen LogP contribution in [0, 0.1) is 0 Å². The summed E-state index contributed by atoms with van der Waals surface area (Å²) in [5.41, 5.74) is -0.171. The zero-order valence-corrected chi connectivity index (χ0v) is 12.9. The molecule has 2 aromatic rings. The molecular formula is C15H19FN6O. The van der Waals surface area contributed by atoms with Gasteiger partial charge in [-0.05, 0) is 19.1 Å². The molecule has 0 amide bonds. The molecule has 23 heavy (non-hydrogen) atoms. The number of halogens is 1. The molecule has 8 heteroatoms. The predicted octanol–water partition coefficient (Wildman–Crippen LogP) is 1.08. The van der Waals surface area contributed by atoms with Gasteiger partial charge in [-0.1, -0.05) is 0 Å². The van der Waals surface area contributed by atoms with Crippen LogP contribution in [0.5, 0.6) is 0 Å². The summed E-state index contributed by atoms with van der Waals surface area (Å²) in [6.45, 7) is 3.18. The van der Waals surface area contributed by atoms with E-state index in [-0.39, 0.29) is 24.0 Å². The number of aromatic nitrogens is 4. The number of alkyl halides is 1. The summed E-state index contributed by atoms with van der Waals surface area (Å²) < 4.78 is 15.4. The van der Waals surface area contributed by atoms with Gasteiger partial charge in [0.1, 0.15) is 6.17 Å². The average molecular weight is 318 g/mol. The summed E-state index contributed by atoms with van der Waals surface area (Å²) in [4.78, 5) is 18.1. The molecule has 1 saturated heterocycles. The van der Waals surface area contributed by atoms with E-state index in [1.165, 1.54) is 0 Å². The second kappa shape index (κ2) is 6.72. The summed E-state index contributed by atoms with van der Waals surface area (Å²) >= 11 is 0. The van der Waals surface area contributed by atoms with Crippen LogP contribution in [0.4, 0.5) is 16.0 Å². The summed E-state index contributed by atoms with van der Waals surface area (Å²) in [5, 5.41) is 10.9. The number of aryl methyl sites for hydroxylation is 1. The fourth-order valence-electron chi connectivity index (χ4n) is 2.81. The third-order valence-corrected chi connectivity index (χ3v) is 3.98. The molecule has 3 heterocycles. The highest BCUT2D eigenvalue weighted by molar-refractivity contribution is 5.42. The maximum Gasteiger partial charge on any atom is 0.293 e. The summed E-state index contributed by atoms with van der Waals surface area (Å²) in [5.74, 6) is 0.933. The Hall–Kier alpha value is -2.51. The Labute approximate surface area is 133 Å². The third kappa shape index (κ3) is 3.30. The Morgan fingerprint density at radius 2 is 2.30 bits per heavy atom. The van der Waals surface area contributed by atoms with Gasteiger partial charge in [-0.2, -0.15) is 5.10 Å². The molecule has 7 nitrogen and oxygen atoms in total. The van der Waals surface area contributed by atoms with E-state index in [0.717, 1.165) is 0 Å². The van der Waals surface area contributed by atoms with Crippen LogP contribution >= 0.6 is 0 Å². The zero-order chi connectivity index (χ0) is 16.2. The molecule has 0 aliphatic carbocycles. The van der Waals surface area contributed by atoms with Crippen LogP contribution in [-0.2, 0) is 6.54 Å². The maximum absolute atomic E-state index is 13.8. The molecule has 122 valence electrons. The van der Waals surface area contributed by atoms with Crippen LogP contribution in [0.2, 0.25) is 0 Å². The minimum atomic E-state index is -0.917. The number of hydrogen-bond donors (Lipinski definition) is 1. The van der Waals surface area contributed by atoms with Crippen molar-refractivity contribution in [2.24, 2.45) is 0 Å². The van der Waals surface area contributed by atoms with Crippen molar-refractivity contribution in [3.05, 3.63) is 41.1 Å². The largest absolute Gasteiger partial charge is 0.363 e. The zero-order valence-electron chi connectivity index (χ0n) is 12.9. The van der Waals surface area contributed by atoms with Crippen LogP contribution in [-0.4, -0.2) is 45.1 Å². The van der Waals surface area contributed by atoms with Crippen LogP contribution in [0.25, 0.3) is 0 Å². The van der Waals surface area contributed by atoms with Crippen molar-refractivity contribution in [1.82, 2.24) is 19.7 Å². The fourth-order valence-corrected chi connectivity index (χ4v) is 2.81. The first-order valence-electron chi connectivity index (χ1n) is 7.66. The quantitative estimate of drug-likeness (QED) is 0.889. The van der Waals surface area contributed by atoms with E-state index in [2.05, 4.69) is 20.5 Å². The lowest BCUT2D eigenvalue weighted by Crippen LogP contribution is -2.37. The standard InChI is InChI=1S/C15H19FN6O/c1-2-21-7-6-17-14(15(21)23)18-9-12-8-11(16)10-22(12)13-4-3-5-19-20-13/h3-7,11-12H,2,8-10H2,1H3,(H,17,18)/t11-,12-/m0/s1. The number of rotatable bonds is 5. The van der Waals surface area contributed by atoms with Crippen LogP contribution in [0.15, 0.2) is 35.5 Å². The second-order valence-corrected chi connectivity index (χ2v) is 5.47. The van der Waals surface area contributed by atoms with Crippen molar-refractivity contribution in [1.29, 1.82) is 0 Å². The number of nitrogens with one attached hydrogen (secondary N) is 1. The maximum atomic E-state index is 13.8. The summed E-state index contributed by atoms with van der Waals surface area (Å²) in [6, 6.07) is 3.48. The van der Waals surface area contributed by atoms with Gasteiger partial charge in [0.05, 0.1) is 12.6 Å². The molecular weight excluding hydrogens is 299 g/mol. The van der Waals surface area contributed by atoms with Crippen LogP contribution < -0.4 is 15.8 Å². The van der Waals surface area contributed by atoms with Crippen molar-refractivity contribution in [3.63, 3.8) is 0 Å². The lowest BCUT2D eigenvalue weighted by Gasteiger charge is -2.25. The SMILES string of the molecule is CCn1ccnc(NC[C@@H]2C[C@H](F)CN2c2cccnn2)c1=O. The van der Waals surface area contributed by atoms with Gasteiger partial charge in [0.2, 0.25) is 0 Å². The van der Waals surface area contributed by atoms with E-state index in [1.54, 1.807) is 29.2 Å². The van der Waals surface area contributed by atoms with Crippen LogP contribution in [0.1, 0.15) is 13.3 Å². The molecule has 2 aromatic heterocycles. The van der Waals surface area contributed by atoms with E-state index in [9.17, 15) is 9.18 Å². The van der Waals surface area contributed by atoms with Crippen molar-refractivity contribution in [3.8, 4) is 0 Å². The first-order chi connectivity index (χ1) is 11.2. The van der Waals surface area contributed by atoms with Gasteiger partial charge in [0.15, 0.2) is 11.6 Å². The first kappa shape index (κ1) is 15.4. The van der Waals surface area contributed by atoms with Crippen molar-refractivity contribution in [2.75, 3.05) is 23.3 Å². The number of nitrogens with zero attached hydrogens (tertiary/aromatic N) is 5. The monoisotopic (exact) mass is 318 g/mol. The van der Waals surface area contributed by atoms with E-state index in [1.807, 2.05) is 17.9 Å². The Morgan fingerprint density at radius 3 is 3.04 bits per heavy atom. The molecule has 1 N–H and O–H groups in total. The Kier molecular flexibility index (Phi) is 4.50. The first-order valence-corrected chi connectivity index (χ1v) is 7.66. The van der Waals surface area contributed by atoms with Crippen LogP contribution in [0.3, 0.4) is 0 Å². The average Bonchev–Trinajstić information content (AvgIpc) is 2.95. The molecule has 1 aliphatic rings. The van der Waals surface area contributed by atoms with E-state index in [4.69, 9.17) is 0 Å². The van der Waals surface area contributed by atoms with Gasteiger partial charge in [-0.15, -0.1) is 5.10 Å². The highest BCUT2D eigenvalue weighted by Crippen LogP contribution is 2.25. The van der Waals surface area contributed by atoms with E-state index < -0.39 is 6.17 Å². The lowest BCUT2D eigenvalue weighted by molar-refractivity contribution is 0.357. The Morgan fingerprint density at radius 1 is 1.43 bits per heavy atom. The van der Waals surface area contributed by atoms with Gasteiger partial charge in [-0.25, -0.2) is 9.37 Å². The smallest absolute Gasteiger partial charge is 0.293 e. The highest BCUT2D eigenvalue weighted by Gasteiger charge is 2.33. The summed E-state index contributed by atoms with van der Waals surface area (Å²) in [7, 11) is 0. The minimum Gasteiger partial charge on any atom is -0.363 e. The molecule has 1 fully saturated rings. The predicted molar refractivity (Wildman–Crippen MR) is 85.3 cm³/mol. The number of anilines is 2. The lowest BCUT2D eigenvalue weighted by atomic mass is 10.2. The second-order valence-electron chi connectivity index (χ2n) is 5.47. The van der Waals surface area contributed by atoms with Crippen molar-refractivity contribution < 1.29 is 4.39 Å². The van der Waals surface area contributed by atoms with Gasteiger partial charge < -0.3 is 14.8 Å². The molecule has 0 radical (unpaired) electrons.